The van der Waals surface area contributed by atoms with Crippen molar-refractivity contribution in [3.63, 3.8) is 0 Å². The molecular formula is C29H32Cl3N3O2S. The normalized spacial score (nSPS) is 19.2. The van der Waals surface area contributed by atoms with E-state index in [9.17, 15) is 8.42 Å². The van der Waals surface area contributed by atoms with Gasteiger partial charge in [0.25, 0.3) is 0 Å². The predicted octanol–water partition coefficient (Wildman–Crippen LogP) is 7.96. The van der Waals surface area contributed by atoms with Crippen molar-refractivity contribution < 1.29 is 8.42 Å². The lowest BCUT2D eigenvalue weighted by Gasteiger charge is -2.27. The van der Waals surface area contributed by atoms with Crippen molar-refractivity contribution in [3.05, 3.63) is 85.5 Å². The fourth-order valence-corrected chi connectivity index (χ4v) is 7.71. The average Bonchev–Trinajstić information content (AvgIpc) is 3.44. The first-order valence-corrected chi connectivity index (χ1v) is 15.9. The summed E-state index contributed by atoms with van der Waals surface area (Å²) in [5.41, 5.74) is 4.61. The maximum absolute atomic E-state index is 13.0. The summed E-state index contributed by atoms with van der Waals surface area (Å²) in [6, 6.07) is 13.1. The zero-order valence-electron chi connectivity index (χ0n) is 21.3. The van der Waals surface area contributed by atoms with E-state index in [-0.39, 0.29) is 12.0 Å². The molecule has 3 aromatic rings. The molecule has 1 heterocycles. The molecule has 1 unspecified atom stereocenters. The smallest absolute Gasteiger partial charge is 0.234 e. The Labute approximate surface area is 240 Å². The molecule has 202 valence electrons. The molecule has 0 spiro atoms. The zero-order chi connectivity index (χ0) is 26.9. The van der Waals surface area contributed by atoms with Crippen molar-refractivity contribution in [2.75, 3.05) is 0 Å². The molecular weight excluding hydrogens is 561 g/mol. The number of fused-ring (bicyclic) bond motifs is 1. The minimum Gasteiger partial charge on any atom is -0.235 e. The molecule has 5 nitrogen and oxygen atoms in total. The highest BCUT2D eigenvalue weighted by Gasteiger charge is 2.32. The molecule has 2 aliphatic rings. The van der Waals surface area contributed by atoms with Crippen LogP contribution in [0.4, 0.5) is 0 Å². The number of hydrogen-bond acceptors (Lipinski definition) is 3. The second kappa shape index (κ2) is 11.7. The number of nitrogens with one attached hydrogen (secondary N) is 1. The molecule has 1 aromatic heterocycles. The second-order valence-electron chi connectivity index (χ2n) is 10.5. The fourth-order valence-electron chi connectivity index (χ4n) is 5.91. The van der Waals surface area contributed by atoms with Gasteiger partial charge in [-0.1, -0.05) is 66.2 Å². The van der Waals surface area contributed by atoms with Gasteiger partial charge >= 0.3 is 0 Å². The Morgan fingerprint density at radius 3 is 2.55 bits per heavy atom. The number of rotatable bonds is 8. The minimum atomic E-state index is -3.62. The van der Waals surface area contributed by atoms with E-state index < -0.39 is 10.0 Å². The topological polar surface area (TPSA) is 64.0 Å². The quantitative estimate of drug-likeness (QED) is 0.289. The summed E-state index contributed by atoms with van der Waals surface area (Å²) < 4.78 is 30.7. The van der Waals surface area contributed by atoms with Crippen LogP contribution in [0.15, 0.2) is 47.9 Å². The van der Waals surface area contributed by atoms with Gasteiger partial charge in [-0.05, 0) is 86.9 Å². The molecule has 38 heavy (non-hydrogen) atoms. The lowest BCUT2D eigenvalue weighted by atomic mass is 9.85. The first-order valence-electron chi connectivity index (χ1n) is 13.2. The summed E-state index contributed by atoms with van der Waals surface area (Å²) in [5, 5.41) is 7.85. The Morgan fingerprint density at radius 1 is 1.05 bits per heavy atom. The summed E-state index contributed by atoms with van der Waals surface area (Å²) in [6.45, 7) is 1.97. The molecule has 2 aromatic carbocycles. The van der Waals surface area contributed by atoms with Crippen LogP contribution in [-0.4, -0.2) is 24.2 Å². The van der Waals surface area contributed by atoms with E-state index in [1.54, 1.807) is 18.2 Å². The van der Waals surface area contributed by atoms with Crippen LogP contribution in [0.25, 0.3) is 11.8 Å². The highest BCUT2D eigenvalue weighted by atomic mass is 35.5. The largest absolute Gasteiger partial charge is 0.235 e. The Hall–Kier alpha value is -1.83. The Morgan fingerprint density at radius 2 is 1.82 bits per heavy atom. The van der Waals surface area contributed by atoms with Gasteiger partial charge in [-0.25, -0.2) is 17.8 Å². The second-order valence-corrected chi connectivity index (χ2v) is 13.4. The molecule has 0 aliphatic heterocycles. The Bertz CT molecular complexity index is 1450. The summed E-state index contributed by atoms with van der Waals surface area (Å²) in [7, 11) is -3.62. The van der Waals surface area contributed by atoms with Crippen LogP contribution in [0.2, 0.25) is 15.1 Å². The molecule has 5 rings (SSSR count). The molecule has 0 amide bonds. The summed E-state index contributed by atoms with van der Waals surface area (Å²) >= 11 is 19.0. The van der Waals surface area contributed by atoms with Gasteiger partial charge in [-0.15, -0.1) is 0 Å². The molecule has 1 saturated carbocycles. The standard InChI is InChI=1S/C29H32Cl3N3O2S/c1-19(21-7-3-2-4-8-21)34-38(36,37)15-14-27-25-12-10-22(16-20-6-5-9-23(30)17-20)29(25)35(33-27)28-13-11-24(31)18-26(28)32/h5-6,9,11,13-15,17-19,21-22,34H,2-4,7-8,10,12,16H2,1H3/b15-14+/t19-,22?/m1/s1. The molecule has 0 bridgehead atoms. The van der Waals surface area contributed by atoms with E-state index in [1.807, 2.05) is 35.9 Å². The third-order valence-corrected chi connectivity index (χ3v) is 9.77. The van der Waals surface area contributed by atoms with Gasteiger partial charge in [0.15, 0.2) is 0 Å². The van der Waals surface area contributed by atoms with E-state index in [1.165, 1.54) is 24.7 Å². The van der Waals surface area contributed by atoms with Crippen LogP contribution >= 0.6 is 34.8 Å². The van der Waals surface area contributed by atoms with Gasteiger partial charge < -0.3 is 0 Å². The van der Waals surface area contributed by atoms with Gasteiger partial charge in [0.1, 0.15) is 0 Å². The van der Waals surface area contributed by atoms with E-state index in [2.05, 4.69) is 10.8 Å². The number of nitrogens with zero attached hydrogens (tertiary/aromatic N) is 2. The molecule has 9 heteroatoms. The van der Waals surface area contributed by atoms with Crippen LogP contribution in [0, 0.1) is 5.92 Å². The van der Waals surface area contributed by atoms with Crippen LogP contribution in [0.1, 0.15) is 73.9 Å². The van der Waals surface area contributed by atoms with Crippen molar-refractivity contribution in [1.82, 2.24) is 14.5 Å². The maximum Gasteiger partial charge on any atom is 0.234 e. The first-order chi connectivity index (χ1) is 18.2. The van der Waals surface area contributed by atoms with Crippen LogP contribution < -0.4 is 4.72 Å². The monoisotopic (exact) mass is 591 g/mol. The molecule has 0 saturated heterocycles. The molecule has 2 aliphatic carbocycles. The zero-order valence-corrected chi connectivity index (χ0v) is 24.4. The third-order valence-electron chi connectivity index (χ3n) is 7.81. The van der Waals surface area contributed by atoms with Crippen LogP contribution in [-0.2, 0) is 22.9 Å². The Kier molecular flexibility index (Phi) is 8.56. The van der Waals surface area contributed by atoms with E-state index in [4.69, 9.17) is 39.9 Å². The lowest BCUT2D eigenvalue weighted by molar-refractivity contribution is 0.303. The molecule has 1 N–H and O–H groups in total. The third kappa shape index (κ3) is 6.31. The SMILES string of the molecule is C[C@@H](NS(=O)(=O)/C=C/c1nn(-c2ccc(Cl)cc2Cl)c2c1CCC2Cc1cccc(Cl)c1)C1CCCCC1. The average molecular weight is 593 g/mol. The van der Waals surface area contributed by atoms with Crippen molar-refractivity contribution in [2.45, 2.75) is 70.3 Å². The van der Waals surface area contributed by atoms with Gasteiger partial charge in [-0.3, -0.25) is 0 Å². The van der Waals surface area contributed by atoms with Crippen molar-refractivity contribution in [2.24, 2.45) is 5.92 Å². The maximum atomic E-state index is 13.0. The molecule has 0 radical (unpaired) electrons. The van der Waals surface area contributed by atoms with Gasteiger partial charge in [0, 0.05) is 33.0 Å². The van der Waals surface area contributed by atoms with Crippen molar-refractivity contribution in [3.8, 4) is 5.69 Å². The summed E-state index contributed by atoms with van der Waals surface area (Å²) in [4.78, 5) is 0. The highest BCUT2D eigenvalue weighted by molar-refractivity contribution is 7.92. The van der Waals surface area contributed by atoms with E-state index in [0.717, 1.165) is 54.6 Å². The number of hydrogen-bond donors (Lipinski definition) is 1. The van der Waals surface area contributed by atoms with Gasteiger partial charge in [0.05, 0.1) is 22.1 Å². The lowest BCUT2D eigenvalue weighted by Crippen LogP contribution is -2.37. The van der Waals surface area contributed by atoms with Crippen molar-refractivity contribution >= 4 is 50.9 Å². The van der Waals surface area contributed by atoms with Crippen molar-refractivity contribution in [1.29, 1.82) is 0 Å². The van der Waals surface area contributed by atoms with E-state index >= 15 is 0 Å². The number of halogens is 3. The summed E-state index contributed by atoms with van der Waals surface area (Å²) in [5.74, 6) is 0.570. The van der Waals surface area contributed by atoms with Crippen LogP contribution in [0.3, 0.4) is 0 Å². The van der Waals surface area contributed by atoms with Gasteiger partial charge in [-0.2, -0.15) is 5.10 Å². The molecule has 2 atom stereocenters. The predicted molar refractivity (Wildman–Crippen MR) is 157 cm³/mol. The Balaban J connectivity index is 1.46. The fraction of sp³-hybridized carbons (Fsp3) is 0.414. The summed E-state index contributed by atoms with van der Waals surface area (Å²) in [6.07, 6.45) is 9.86. The first kappa shape index (κ1) is 27.7. The van der Waals surface area contributed by atoms with Gasteiger partial charge in [0.2, 0.25) is 10.0 Å². The number of sulfonamides is 1. The number of benzene rings is 2. The van der Waals surface area contributed by atoms with E-state index in [0.29, 0.717) is 26.7 Å². The highest BCUT2D eigenvalue weighted by Crippen LogP contribution is 2.40. The number of aromatic nitrogens is 2. The molecule has 1 fully saturated rings. The minimum absolute atomic E-state index is 0.0943. The van der Waals surface area contributed by atoms with Crippen LogP contribution in [0.5, 0.6) is 0 Å².